The molecule has 2 heteroatoms. The van der Waals surface area contributed by atoms with Gasteiger partial charge in [-0.15, -0.1) is 0 Å². The Morgan fingerprint density at radius 3 is 2.70 bits per heavy atom. The first-order chi connectivity index (χ1) is 4.79. The first kappa shape index (κ1) is 8.02. The summed E-state index contributed by atoms with van der Waals surface area (Å²) in [6, 6.07) is 0.657. The fourth-order valence-electron chi connectivity index (χ4n) is 1.86. The Morgan fingerprint density at radius 2 is 2.30 bits per heavy atom. The number of hydrogen-bond donors (Lipinski definition) is 1. The van der Waals surface area contributed by atoms with Crippen molar-refractivity contribution in [3.05, 3.63) is 0 Å². The molecule has 1 aliphatic rings. The zero-order chi connectivity index (χ0) is 7.56. The molecule has 0 spiro atoms. The summed E-state index contributed by atoms with van der Waals surface area (Å²) in [6.07, 6.45) is 1.33. The molecule has 0 aromatic rings. The highest BCUT2D eigenvalue weighted by Gasteiger charge is 2.28. The van der Waals surface area contributed by atoms with Gasteiger partial charge in [0, 0.05) is 12.6 Å². The van der Waals surface area contributed by atoms with Crippen molar-refractivity contribution in [1.82, 2.24) is 4.90 Å². The molecule has 60 valence electrons. The third-order valence-corrected chi connectivity index (χ3v) is 2.65. The van der Waals surface area contributed by atoms with Gasteiger partial charge in [0.15, 0.2) is 0 Å². The van der Waals surface area contributed by atoms with Crippen molar-refractivity contribution in [2.75, 3.05) is 19.6 Å². The molecule has 2 unspecified atom stereocenters. The summed E-state index contributed by atoms with van der Waals surface area (Å²) in [5.74, 6) is 0.810. The van der Waals surface area contributed by atoms with Gasteiger partial charge in [-0.1, -0.05) is 13.8 Å². The van der Waals surface area contributed by atoms with Crippen LogP contribution in [0.25, 0.3) is 0 Å². The molecule has 1 aliphatic heterocycles. The van der Waals surface area contributed by atoms with Crippen LogP contribution >= 0.6 is 0 Å². The van der Waals surface area contributed by atoms with Crippen LogP contribution in [0, 0.1) is 5.92 Å². The Bertz CT molecular complexity index is 103. The molecule has 0 aromatic carbocycles. The zero-order valence-corrected chi connectivity index (χ0v) is 7.01. The predicted octanol–water partition coefficient (Wildman–Crippen LogP) is 0.675. The molecule has 0 amide bonds. The number of likely N-dealkylation sites (N-methyl/N-ethyl adjacent to an activating group) is 1. The minimum Gasteiger partial charge on any atom is -0.329 e. The van der Waals surface area contributed by atoms with E-state index < -0.39 is 0 Å². The van der Waals surface area contributed by atoms with Gasteiger partial charge >= 0.3 is 0 Å². The number of hydrogen-bond acceptors (Lipinski definition) is 2. The molecule has 0 aliphatic carbocycles. The summed E-state index contributed by atoms with van der Waals surface area (Å²) in [5.41, 5.74) is 5.65. The number of rotatable bonds is 2. The van der Waals surface area contributed by atoms with Gasteiger partial charge in [0.05, 0.1) is 0 Å². The van der Waals surface area contributed by atoms with Crippen molar-refractivity contribution in [2.24, 2.45) is 11.7 Å². The van der Waals surface area contributed by atoms with E-state index in [-0.39, 0.29) is 0 Å². The lowest BCUT2D eigenvalue weighted by Crippen LogP contribution is -2.38. The highest BCUT2D eigenvalue weighted by Crippen LogP contribution is 2.21. The molecule has 10 heavy (non-hydrogen) atoms. The van der Waals surface area contributed by atoms with E-state index in [2.05, 4.69) is 18.7 Å². The normalized spacial score (nSPS) is 35.1. The summed E-state index contributed by atoms with van der Waals surface area (Å²) in [5, 5.41) is 0. The van der Waals surface area contributed by atoms with E-state index in [0.717, 1.165) is 19.0 Å². The van der Waals surface area contributed by atoms with E-state index >= 15 is 0 Å². The minimum atomic E-state index is 0.657. The molecule has 2 N–H and O–H groups in total. The molecule has 2 atom stereocenters. The van der Waals surface area contributed by atoms with Crippen LogP contribution in [0.2, 0.25) is 0 Å². The van der Waals surface area contributed by atoms with Gasteiger partial charge in [0.2, 0.25) is 0 Å². The van der Waals surface area contributed by atoms with Crippen molar-refractivity contribution < 1.29 is 0 Å². The van der Waals surface area contributed by atoms with Gasteiger partial charge in [-0.3, -0.25) is 4.90 Å². The maximum atomic E-state index is 5.65. The molecule has 0 aromatic heterocycles. The van der Waals surface area contributed by atoms with Crippen LogP contribution in [0.15, 0.2) is 0 Å². The molecule has 1 fully saturated rings. The largest absolute Gasteiger partial charge is 0.329 e. The van der Waals surface area contributed by atoms with E-state index in [1.165, 1.54) is 13.0 Å². The predicted molar refractivity (Wildman–Crippen MR) is 43.9 cm³/mol. The van der Waals surface area contributed by atoms with Crippen molar-refractivity contribution in [2.45, 2.75) is 26.3 Å². The Labute approximate surface area is 63.4 Å². The lowest BCUT2D eigenvalue weighted by molar-refractivity contribution is 0.248. The van der Waals surface area contributed by atoms with Gasteiger partial charge in [-0.2, -0.15) is 0 Å². The van der Waals surface area contributed by atoms with E-state index in [9.17, 15) is 0 Å². The Hall–Kier alpha value is -0.0800. The van der Waals surface area contributed by atoms with Crippen LogP contribution in [0.4, 0.5) is 0 Å². The fourth-order valence-corrected chi connectivity index (χ4v) is 1.86. The highest BCUT2D eigenvalue weighted by atomic mass is 15.2. The molecule has 2 nitrogen and oxygen atoms in total. The summed E-state index contributed by atoms with van der Waals surface area (Å²) >= 11 is 0. The molecular weight excluding hydrogens is 124 g/mol. The third kappa shape index (κ3) is 1.32. The number of nitrogens with zero attached hydrogens (tertiary/aromatic N) is 1. The second kappa shape index (κ2) is 3.35. The standard InChI is InChI=1S/C8H18N2/c1-3-10-5-4-7(2)8(10)6-9/h7-8H,3-6,9H2,1-2H3. The summed E-state index contributed by atoms with van der Waals surface area (Å²) in [6.45, 7) is 7.74. The molecule has 0 saturated carbocycles. The Kier molecular flexibility index (Phi) is 2.69. The smallest absolute Gasteiger partial charge is 0.0244 e. The quantitative estimate of drug-likeness (QED) is 0.614. The first-order valence-corrected chi connectivity index (χ1v) is 4.23. The van der Waals surface area contributed by atoms with Crippen molar-refractivity contribution in [3.63, 3.8) is 0 Å². The van der Waals surface area contributed by atoms with Crippen LogP contribution in [0.3, 0.4) is 0 Å². The summed E-state index contributed by atoms with van der Waals surface area (Å²) in [7, 11) is 0. The minimum absolute atomic E-state index is 0.657. The van der Waals surface area contributed by atoms with Crippen molar-refractivity contribution >= 4 is 0 Å². The van der Waals surface area contributed by atoms with Crippen LogP contribution in [-0.2, 0) is 0 Å². The Morgan fingerprint density at radius 1 is 1.60 bits per heavy atom. The molecular formula is C8H18N2. The van der Waals surface area contributed by atoms with E-state index in [1.807, 2.05) is 0 Å². The second-order valence-electron chi connectivity index (χ2n) is 3.20. The van der Waals surface area contributed by atoms with Crippen LogP contribution < -0.4 is 5.73 Å². The maximum absolute atomic E-state index is 5.65. The zero-order valence-electron chi connectivity index (χ0n) is 7.01. The van der Waals surface area contributed by atoms with Gasteiger partial charge in [-0.05, 0) is 25.4 Å². The lowest BCUT2D eigenvalue weighted by atomic mass is 10.0. The van der Waals surface area contributed by atoms with E-state index in [0.29, 0.717) is 6.04 Å². The lowest BCUT2D eigenvalue weighted by Gasteiger charge is -2.23. The van der Waals surface area contributed by atoms with Gasteiger partial charge in [-0.25, -0.2) is 0 Å². The third-order valence-electron chi connectivity index (χ3n) is 2.65. The van der Waals surface area contributed by atoms with E-state index in [4.69, 9.17) is 5.73 Å². The van der Waals surface area contributed by atoms with Crippen LogP contribution in [0.5, 0.6) is 0 Å². The maximum Gasteiger partial charge on any atom is 0.0244 e. The molecule has 1 rings (SSSR count). The molecule has 1 saturated heterocycles. The fraction of sp³-hybridized carbons (Fsp3) is 1.00. The van der Waals surface area contributed by atoms with Crippen molar-refractivity contribution in [1.29, 1.82) is 0 Å². The molecule has 0 radical (unpaired) electrons. The monoisotopic (exact) mass is 142 g/mol. The summed E-state index contributed by atoms with van der Waals surface area (Å²) < 4.78 is 0. The van der Waals surface area contributed by atoms with Crippen LogP contribution in [0.1, 0.15) is 20.3 Å². The van der Waals surface area contributed by atoms with Crippen LogP contribution in [-0.4, -0.2) is 30.6 Å². The SMILES string of the molecule is CCN1CCC(C)C1CN. The Balaban J connectivity index is 2.45. The highest BCUT2D eigenvalue weighted by molar-refractivity contribution is 4.84. The topological polar surface area (TPSA) is 29.3 Å². The van der Waals surface area contributed by atoms with E-state index in [1.54, 1.807) is 0 Å². The van der Waals surface area contributed by atoms with Crippen molar-refractivity contribution in [3.8, 4) is 0 Å². The first-order valence-electron chi connectivity index (χ1n) is 4.23. The van der Waals surface area contributed by atoms with Gasteiger partial charge in [0.1, 0.15) is 0 Å². The number of likely N-dealkylation sites (tertiary alicyclic amines) is 1. The average Bonchev–Trinajstić information content (AvgIpc) is 2.30. The summed E-state index contributed by atoms with van der Waals surface area (Å²) in [4.78, 5) is 2.48. The number of nitrogens with two attached hydrogens (primary N) is 1. The second-order valence-corrected chi connectivity index (χ2v) is 3.20. The average molecular weight is 142 g/mol. The van der Waals surface area contributed by atoms with Gasteiger partial charge < -0.3 is 5.73 Å². The molecule has 0 bridgehead atoms. The van der Waals surface area contributed by atoms with Gasteiger partial charge in [0.25, 0.3) is 0 Å². The molecule has 1 heterocycles.